The second-order valence-corrected chi connectivity index (χ2v) is 11.1. The van der Waals surface area contributed by atoms with Gasteiger partial charge < -0.3 is 4.90 Å². The predicted molar refractivity (Wildman–Crippen MR) is 136 cm³/mol. The predicted octanol–water partition coefficient (Wildman–Crippen LogP) is 5.64. The van der Waals surface area contributed by atoms with E-state index in [0.29, 0.717) is 24.1 Å². The molecule has 0 amide bonds. The minimum Gasteiger partial charge on any atom is -0.361 e. The highest BCUT2D eigenvalue weighted by atomic mass is 32.2. The summed E-state index contributed by atoms with van der Waals surface area (Å²) in [4.78, 5) is 15.5. The Labute approximate surface area is 205 Å². The van der Waals surface area contributed by atoms with Crippen molar-refractivity contribution in [1.82, 2.24) is 8.87 Å². The maximum absolute atomic E-state index is 14.1. The molecule has 0 radical (unpaired) electrons. The van der Waals surface area contributed by atoms with Crippen molar-refractivity contribution >= 4 is 26.7 Å². The minimum atomic E-state index is -3.89. The molecule has 0 fully saturated rings. The zero-order valence-corrected chi connectivity index (χ0v) is 20.2. The summed E-state index contributed by atoms with van der Waals surface area (Å²) in [7, 11) is -3.89. The van der Waals surface area contributed by atoms with Crippen LogP contribution in [0.2, 0.25) is 0 Å². The second kappa shape index (κ2) is 8.24. The van der Waals surface area contributed by atoms with E-state index in [9.17, 15) is 13.2 Å². The van der Waals surface area contributed by atoms with Crippen LogP contribution in [0, 0.1) is 5.92 Å². The van der Waals surface area contributed by atoms with E-state index in [0.717, 1.165) is 16.5 Å². The number of rotatable bonds is 4. The molecule has 4 aromatic rings. The highest BCUT2D eigenvalue weighted by molar-refractivity contribution is 7.90. The molecule has 0 saturated carbocycles. The first-order chi connectivity index (χ1) is 17.0. The number of hydrogen-bond donors (Lipinski definition) is 0. The lowest BCUT2D eigenvalue weighted by molar-refractivity contribution is -0.122. The fourth-order valence-electron chi connectivity index (χ4n) is 5.76. The standard InChI is InChI=1S/C29H26N2O3S/c1-20(21-10-4-2-5-11-21)30-19-18-27(32)25-17-16-24-23-14-8-9-15-26(23)31(29(24)28(25)30)35(33,34)22-12-6-3-7-13-22/h2-15,18-20,25,28H,16-17H2,1H3/t20-,25-,28+/m0/s1. The Morgan fingerprint density at radius 2 is 1.54 bits per heavy atom. The van der Waals surface area contributed by atoms with E-state index in [-0.39, 0.29) is 28.7 Å². The highest BCUT2D eigenvalue weighted by Gasteiger charge is 2.45. The minimum absolute atomic E-state index is 0.0371. The normalized spacial score (nSPS) is 20.5. The lowest BCUT2D eigenvalue weighted by atomic mass is 9.77. The third-order valence-electron chi connectivity index (χ3n) is 7.45. The third-order valence-corrected chi connectivity index (χ3v) is 9.19. The number of ketones is 1. The summed E-state index contributed by atoms with van der Waals surface area (Å²) >= 11 is 0. The quantitative estimate of drug-likeness (QED) is 0.378. The molecule has 6 heteroatoms. The van der Waals surface area contributed by atoms with Gasteiger partial charge in [0.05, 0.1) is 28.2 Å². The van der Waals surface area contributed by atoms with Gasteiger partial charge in [0.25, 0.3) is 10.0 Å². The molecule has 2 aliphatic rings. The molecule has 1 aliphatic carbocycles. The van der Waals surface area contributed by atoms with Crippen LogP contribution in [0.25, 0.3) is 10.9 Å². The van der Waals surface area contributed by atoms with Crippen molar-refractivity contribution in [1.29, 1.82) is 0 Å². The van der Waals surface area contributed by atoms with Crippen LogP contribution in [0.4, 0.5) is 0 Å². The van der Waals surface area contributed by atoms with Crippen molar-refractivity contribution in [3.63, 3.8) is 0 Å². The van der Waals surface area contributed by atoms with Gasteiger partial charge in [-0.2, -0.15) is 0 Å². The summed E-state index contributed by atoms with van der Waals surface area (Å²) in [5, 5.41) is 0.940. The average molecular weight is 483 g/mol. The van der Waals surface area contributed by atoms with Crippen LogP contribution < -0.4 is 0 Å². The smallest absolute Gasteiger partial charge is 0.268 e. The zero-order chi connectivity index (χ0) is 24.2. The van der Waals surface area contributed by atoms with E-state index in [2.05, 4.69) is 24.0 Å². The molecule has 35 heavy (non-hydrogen) atoms. The largest absolute Gasteiger partial charge is 0.361 e. The first-order valence-electron chi connectivity index (χ1n) is 12.0. The van der Waals surface area contributed by atoms with E-state index in [4.69, 9.17) is 0 Å². The molecule has 176 valence electrons. The Kier molecular flexibility index (Phi) is 5.15. The number of nitrogens with zero attached hydrogens (tertiary/aromatic N) is 2. The molecular weight excluding hydrogens is 456 g/mol. The van der Waals surface area contributed by atoms with E-state index >= 15 is 0 Å². The average Bonchev–Trinajstić information content (AvgIpc) is 3.25. The van der Waals surface area contributed by atoms with Crippen LogP contribution in [0.15, 0.2) is 102 Å². The van der Waals surface area contributed by atoms with E-state index in [1.54, 1.807) is 30.3 Å². The van der Waals surface area contributed by atoms with Crippen LogP contribution in [0.1, 0.15) is 42.2 Å². The molecule has 0 unspecified atom stereocenters. The van der Waals surface area contributed by atoms with Gasteiger partial charge in [-0.15, -0.1) is 0 Å². The van der Waals surface area contributed by atoms with Crippen molar-refractivity contribution in [2.24, 2.45) is 5.92 Å². The molecule has 0 spiro atoms. The van der Waals surface area contributed by atoms with Crippen molar-refractivity contribution in [2.45, 2.75) is 36.7 Å². The fraction of sp³-hybridized carbons (Fsp3) is 0.207. The van der Waals surface area contributed by atoms with E-state index in [1.807, 2.05) is 54.7 Å². The summed E-state index contributed by atoms with van der Waals surface area (Å²) in [5.74, 6) is -0.237. The number of allylic oxidation sites excluding steroid dienone is 1. The van der Waals surface area contributed by atoms with Crippen molar-refractivity contribution < 1.29 is 13.2 Å². The summed E-state index contributed by atoms with van der Waals surface area (Å²) < 4.78 is 29.8. The summed E-state index contributed by atoms with van der Waals surface area (Å²) in [6.45, 7) is 2.11. The van der Waals surface area contributed by atoms with Crippen molar-refractivity contribution in [2.75, 3.05) is 0 Å². The molecule has 0 N–H and O–H groups in total. The molecule has 3 aromatic carbocycles. The third kappa shape index (κ3) is 3.35. The van der Waals surface area contributed by atoms with Gasteiger partial charge in [0.1, 0.15) is 0 Å². The molecule has 5 nitrogen and oxygen atoms in total. The van der Waals surface area contributed by atoms with Gasteiger partial charge >= 0.3 is 0 Å². The zero-order valence-electron chi connectivity index (χ0n) is 19.4. The van der Waals surface area contributed by atoms with Crippen LogP contribution in [0.5, 0.6) is 0 Å². The lowest BCUT2D eigenvalue weighted by Gasteiger charge is -2.44. The number of fused-ring (bicyclic) bond motifs is 5. The number of para-hydroxylation sites is 1. The molecule has 1 aromatic heterocycles. The number of aromatic nitrogens is 1. The molecule has 0 saturated heterocycles. The highest BCUT2D eigenvalue weighted by Crippen LogP contribution is 2.49. The Balaban J connectivity index is 1.63. The maximum Gasteiger partial charge on any atom is 0.268 e. The molecule has 6 rings (SSSR count). The van der Waals surface area contributed by atoms with Crippen LogP contribution >= 0.6 is 0 Å². The number of hydrogen-bond acceptors (Lipinski definition) is 4. The van der Waals surface area contributed by atoms with Gasteiger partial charge in [0, 0.05) is 17.5 Å². The summed E-state index contributed by atoms with van der Waals surface area (Å²) in [6, 6.07) is 26.0. The number of benzene rings is 3. The number of carbonyl (C=O) groups excluding carboxylic acids is 1. The lowest BCUT2D eigenvalue weighted by Crippen LogP contribution is -2.42. The van der Waals surface area contributed by atoms with Crippen LogP contribution in [-0.2, 0) is 21.2 Å². The van der Waals surface area contributed by atoms with Crippen molar-refractivity contribution in [3.8, 4) is 0 Å². The number of aryl methyl sites for hydroxylation is 1. The Morgan fingerprint density at radius 1 is 0.886 bits per heavy atom. The maximum atomic E-state index is 14.1. The Hall–Kier alpha value is -3.64. The summed E-state index contributed by atoms with van der Waals surface area (Å²) in [6.07, 6.45) is 4.87. The SMILES string of the molecule is C[C@@H](c1ccccc1)N1C=CC(=O)[C@@H]2CCc3c(n(S(=O)(=O)c4ccccc4)c4ccccc34)[C@@H]21. The molecule has 0 bridgehead atoms. The summed E-state index contributed by atoms with van der Waals surface area (Å²) in [5.41, 5.74) is 3.52. The first kappa shape index (κ1) is 21.9. The Bertz CT molecular complexity index is 1560. The van der Waals surface area contributed by atoms with E-state index in [1.165, 1.54) is 3.97 Å². The monoisotopic (exact) mass is 482 g/mol. The molecule has 2 heterocycles. The number of carbonyl (C=O) groups is 1. The van der Waals surface area contributed by atoms with Crippen LogP contribution in [0.3, 0.4) is 0 Å². The van der Waals surface area contributed by atoms with Crippen LogP contribution in [-0.4, -0.2) is 23.1 Å². The van der Waals surface area contributed by atoms with Crippen molar-refractivity contribution in [3.05, 3.63) is 114 Å². The van der Waals surface area contributed by atoms with Gasteiger partial charge in [-0.3, -0.25) is 4.79 Å². The Morgan fingerprint density at radius 3 is 2.29 bits per heavy atom. The van der Waals surface area contributed by atoms with Gasteiger partial charge in [-0.05, 0) is 55.2 Å². The molecular formula is C29H26N2O3S. The second-order valence-electron chi connectivity index (χ2n) is 9.31. The van der Waals surface area contributed by atoms with Gasteiger partial charge in [0.15, 0.2) is 5.78 Å². The molecule has 1 aliphatic heterocycles. The topological polar surface area (TPSA) is 59.4 Å². The fourth-order valence-corrected chi connectivity index (χ4v) is 7.37. The van der Waals surface area contributed by atoms with Gasteiger partial charge in [-0.25, -0.2) is 12.4 Å². The first-order valence-corrected chi connectivity index (χ1v) is 13.4. The molecule has 3 atom stereocenters. The van der Waals surface area contributed by atoms with E-state index < -0.39 is 10.0 Å². The van der Waals surface area contributed by atoms with Gasteiger partial charge in [-0.1, -0.05) is 66.7 Å². The van der Waals surface area contributed by atoms with Gasteiger partial charge in [0.2, 0.25) is 0 Å².